The van der Waals surface area contributed by atoms with Crippen molar-refractivity contribution < 1.29 is 0 Å². The van der Waals surface area contributed by atoms with E-state index in [4.69, 9.17) is 0 Å². The van der Waals surface area contributed by atoms with Crippen LogP contribution in [0.15, 0.2) is 77.6 Å². The molecule has 0 radical (unpaired) electrons. The summed E-state index contributed by atoms with van der Waals surface area (Å²) in [6.07, 6.45) is 0. The molecule has 1 unspecified atom stereocenters. The summed E-state index contributed by atoms with van der Waals surface area (Å²) in [4.78, 5) is 15.3. The van der Waals surface area contributed by atoms with Gasteiger partial charge in [0.05, 0.1) is 0 Å². The standard InChI is InChI=1S/C22H20N2O/c1-15(19-11-6-9-16-7-2-4-10-20(16)19)23-14-18-13-17-8-3-5-12-21(17)24-22(18)25/h2-13,15,23H,14H2,1H3,(H,24,25). The van der Waals surface area contributed by atoms with Crippen LogP contribution in [0.25, 0.3) is 21.7 Å². The van der Waals surface area contributed by atoms with Crippen molar-refractivity contribution in [1.82, 2.24) is 10.3 Å². The molecular weight excluding hydrogens is 308 g/mol. The fraction of sp³-hybridized carbons (Fsp3) is 0.136. The van der Waals surface area contributed by atoms with Gasteiger partial charge >= 0.3 is 0 Å². The number of pyridine rings is 1. The molecule has 0 fully saturated rings. The van der Waals surface area contributed by atoms with E-state index in [1.807, 2.05) is 30.3 Å². The number of aromatic nitrogens is 1. The number of hydrogen-bond donors (Lipinski definition) is 2. The Bertz CT molecular complexity index is 1090. The zero-order valence-electron chi connectivity index (χ0n) is 14.1. The number of aromatic amines is 1. The molecule has 1 atom stereocenters. The third kappa shape index (κ3) is 3.06. The molecule has 0 saturated carbocycles. The molecular formula is C22H20N2O. The van der Waals surface area contributed by atoms with Gasteiger partial charge in [0.15, 0.2) is 0 Å². The van der Waals surface area contributed by atoms with Crippen LogP contribution in [0.5, 0.6) is 0 Å². The average molecular weight is 328 g/mol. The van der Waals surface area contributed by atoms with Crippen LogP contribution in [0.4, 0.5) is 0 Å². The van der Waals surface area contributed by atoms with Crippen molar-refractivity contribution in [3.05, 3.63) is 94.3 Å². The van der Waals surface area contributed by atoms with Crippen LogP contribution in [0.3, 0.4) is 0 Å². The highest BCUT2D eigenvalue weighted by molar-refractivity contribution is 5.86. The van der Waals surface area contributed by atoms with E-state index in [-0.39, 0.29) is 11.6 Å². The summed E-state index contributed by atoms with van der Waals surface area (Å²) in [6.45, 7) is 2.67. The minimum atomic E-state index is -0.0312. The highest BCUT2D eigenvalue weighted by Gasteiger charge is 2.10. The molecule has 124 valence electrons. The lowest BCUT2D eigenvalue weighted by Crippen LogP contribution is -2.23. The van der Waals surface area contributed by atoms with Crippen molar-refractivity contribution in [2.24, 2.45) is 0 Å². The summed E-state index contributed by atoms with van der Waals surface area (Å²) < 4.78 is 0. The predicted molar refractivity (Wildman–Crippen MR) is 104 cm³/mol. The molecule has 4 aromatic rings. The van der Waals surface area contributed by atoms with Crippen molar-refractivity contribution in [2.45, 2.75) is 19.5 Å². The monoisotopic (exact) mass is 328 g/mol. The summed E-state index contributed by atoms with van der Waals surface area (Å²) in [5.74, 6) is 0. The Morgan fingerprint density at radius 2 is 1.64 bits per heavy atom. The van der Waals surface area contributed by atoms with Crippen molar-refractivity contribution in [1.29, 1.82) is 0 Å². The van der Waals surface area contributed by atoms with Gasteiger partial charge < -0.3 is 10.3 Å². The molecule has 1 heterocycles. The SMILES string of the molecule is CC(NCc1cc2ccccc2[nH]c1=O)c1cccc2ccccc12. The number of benzene rings is 3. The minimum Gasteiger partial charge on any atom is -0.322 e. The summed E-state index contributed by atoms with van der Waals surface area (Å²) >= 11 is 0. The first-order valence-electron chi connectivity index (χ1n) is 8.54. The molecule has 4 rings (SSSR count). The molecule has 0 aliphatic carbocycles. The van der Waals surface area contributed by atoms with Gasteiger partial charge in [-0.2, -0.15) is 0 Å². The van der Waals surface area contributed by atoms with Crippen LogP contribution in [0, 0.1) is 0 Å². The van der Waals surface area contributed by atoms with E-state index in [1.165, 1.54) is 16.3 Å². The summed E-state index contributed by atoms with van der Waals surface area (Å²) in [5.41, 5.74) is 2.84. The number of nitrogens with one attached hydrogen (secondary N) is 2. The zero-order valence-corrected chi connectivity index (χ0v) is 14.1. The Kier molecular flexibility index (Phi) is 4.08. The van der Waals surface area contributed by atoms with Crippen molar-refractivity contribution in [3.63, 3.8) is 0 Å². The first-order valence-corrected chi connectivity index (χ1v) is 8.54. The van der Waals surface area contributed by atoms with E-state index in [0.29, 0.717) is 6.54 Å². The Labute approximate surface area is 146 Å². The second kappa shape index (κ2) is 6.54. The van der Waals surface area contributed by atoms with E-state index in [1.54, 1.807) is 0 Å². The van der Waals surface area contributed by atoms with Crippen LogP contribution in [-0.4, -0.2) is 4.98 Å². The van der Waals surface area contributed by atoms with Gasteiger partial charge in [0.1, 0.15) is 0 Å². The molecule has 2 N–H and O–H groups in total. The van der Waals surface area contributed by atoms with Crippen LogP contribution in [0.2, 0.25) is 0 Å². The number of rotatable bonds is 4. The molecule has 3 nitrogen and oxygen atoms in total. The van der Waals surface area contributed by atoms with E-state index in [9.17, 15) is 4.79 Å². The largest absolute Gasteiger partial charge is 0.322 e. The molecule has 1 aromatic heterocycles. The Morgan fingerprint density at radius 1 is 0.920 bits per heavy atom. The van der Waals surface area contributed by atoms with Gasteiger partial charge in [0.2, 0.25) is 0 Å². The predicted octanol–water partition coefficient (Wildman–Crippen LogP) is 4.53. The lowest BCUT2D eigenvalue weighted by atomic mass is 9.99. The maximum absolute atomic E-state index is 12.3. The van der Waals surface area contributed by atoms with E-state index in [0.717, 1.165) is 16.5 Å². The number of hydrogen-bond acceptors (Lipinski definition) is 2. The van der Waals surface area contributed by atoms with E-state index < -0.39 is 0 Å². The third-order valence-corrected chi connectivity index (χ3v) is 4.72. The van der Waals surface area contributed by atoms with Gasteiger partial charge in [-0.1, -0.05) is 60.7 Å². The smallest absolute Gasteiger partial charge is 0.252 e. The van der Waals surface area contributed by atoms with Gasteiger partial charge in [-0.25, -0.2) is 0 Å². The van der Waals surface area contributed by atoms with Crippen LogP contribution in [0.1, 0.15) is 24.1 Å². The highest BCUT2D eigenvalue weighted by atomic mass is 16.1. The lowest BCUT2D eigenvalue weighted by molar-refractivity contribution is 0.576. The first-order chi connectivity index (χ1) is 12.2. The van der Waals surface area contributed by atoms with Gasteiger partial charge in [0.25, 0.3) is 5.56 Å². The maximum atomic E-state index is 12.3. The third-order valence-electron chi connectivity index (χ3n) is 4.72. The van der Waals surface area contributed by atoms with Crippen molar-refractivity contribution in [2.75, 3.05) is 0 Å². The van der Waals surface area contributed by atoms with Crippen LogP contribution >= 0.6 is 0 Å². The van der Waals surface area contributed by atoms with E-state index >= 15 is 0 Å². The highest BCUT2D eigenvalue weighted by Crippen LogP contribution is 2.24. The normalized spacial score (nSPS) is 12.5. The van der Waals surface area contributed by atoms with Crippen molar-refractivity contribution >= 4 is 21.7 Å². The van der Waals surface area contributed by atoms with Crippen molar-refractivity contribution in [3.8, 4) is 0 Å². The Morgan fingerprint density at radius 3 is 2.52 bits per heavy atom. The van der Waals surface area contributed by atoms with Gasteiger partial charge in [0, 0.05) is 23.7 Å². The fourth-order valence-electron chi connectivity index (χ4n) is 3.32. The quantitative estimate of drug-likeness (QED) is 0.578. The van der Waals surface area contributed by atoms with E-state index in [2.05, 4.69) is 59.7 Å². The topological polar surface area (TPSA) is 44.9 Å². The molecule has 0 amide bonds. The molecule has 3 heteroatoms. The Hall–Kier alpha value is -2.91. The zero-order chi connectivity index (χ0) is 17.2. The van der Waals surface area contributed by atoms with Gasteiger partial charge in [-0.3, -0.25) is 4.79 Å². The summed E-state index contributed by atoms with van der Waals surface area (Å²) in [5, 5.41) is 7.03. The first kappa shape index (κ1) is 15.6. The maximum Gasteiger partial charge on any atom is 0.252 e. The molecule has 0 bridgehead atoms. The fourth-order valence-corrected chi connectivity index (χ4v) is 3.32. The number of H-pyrrole nitrogens is 1. The van der Waals surface area contributed by atoms with Gasteiger partial charge in [-0.05, 0) is 40.8 Å². The summed E-state index contributed by atoms with van der Waals surface area (Å²) in [7, 11) is 0. The molecule has 0 spiro atoms. The molecule has 0 aliphatic rings. The number of para-hydroxylation sites is 1. The van der Waals surface area contributed by atoms with Crippen LogP contribution in [-0.2, 0) is 6.54 Å². The van der Waals surface area contributed by atoms with Crippen LogP contribution < -0.4 is 10.9 Å². The summed E-state index contributed by atoms with van der Waals surface area (Å²) in [6, 6.07) is 24.7. The second-order valence-corrected chi connectivity index (χ2v) is 6.38. The number of fused-ring (bicyclic) bond motifs is 2. The molecule has 0 aliphatic heterocycles. The minimum absolute atomic E-state index is 0.0312. The molecule has 0 saturated heterocycles. The second-order valence-electron chi connectivity index (χ2n) is 6.38. The molecule has 25 heavy (non-hydrogen) atoms. The Balaban J connectivity index is 1.60. The lowest BCUT2D eigenvalue weighted by Gasteiger charge is -2.16. The molecule has 3 aromatic carbocycles. The van der Waals surface area contributed by atoms with Gasteiger partial charge in [-0.15, -0.1) is 0 Å². The average Bonchev–Trinajstić information content (AvgIpc) is 2.65.